The fourth-order valence-electron chi connectivity index (χ4n) is 7.57. The average Bonchev–Trinajstić information content (AvgIpc) is 3.33. The molecular weight excluding hydrogens is 626 g/mol. The summed E-state index contributed by atoms with van der Waals surface area (Å²) in [7, 11) is 0. The lowest BCUT2D eigenvalue weighted by molar-refractivity contribution is -0.145. The Hall–Kier alpha value is -3.44. The van der Waals surface area contributed by atoms with Crippen LogP contribution in [-0.4, -0.2) is 77.7 Å². The first-order valence-corrected chi connectivity index (χ1v) is 18.3. The zero-order valence-corrected chi connectivity index (χ0v) is 31.0. The lowest BCUT2D eigenvalue weighted by Gasteiger charge is -2.37. The Labute approximate surface area is 292 Å². The third kappa shape index (κ3) is 10.1. The van der Waals surface area contributed by atoms with Crippen LogP contribution in [0.15, 0.2) is 12.3 Å². The molecule has 3 rings (SSSR count). The summed E-state index contributed by atoms with van der Waals surface area (Å²) in [5.74, 6) is -2.85. The van der Waals surface area contributed by atoms with E-state index in [1.807, 2.05) is 13.8 Å². The highest BCUT2D eigenvalue weighted by molar-refractivity contribution is 6.38. The molecule has 276 valence electrons. The lowest BCUT2D eigenvalue weighted by atomic mass is 9.83. The summed E-state index contributed by atoms with van der Waals surface area (Å²) in [6.07, 6.45) is 7.68. The van der Waals surface area contributed by atoms with Gasteiger partial charge in [0.15, 0.2) is 0 Å². The summed E-state index contributed by atoms with van der Waals surface area (Å²) in [5, 5.41) is 11.2. The molecular formula is C37H61N5O7. The third-order valence-electron chi connectivity index (χ3n) is 10.6. The summed E-state index contributed by atoms with van der Waals surface area (Å²) < 4.78 is 5.23. The van der Waals surface area contributed by atoms with Crippen LogP contribution < -0.4 is 21.3 Å². The Bertz CT molecular complexity index is 1250. The van der Waals surface area contributed by atoms with Crippen LogP contribution in [0.25, 0.3) is 0 Å². The number of rotatable bonds is 16. The Kier molecular flexibility index (Phi) is 13.9. The monoisotopic (exact) mass is 687 g/mol. The minimum Gasteiger partial charge on any atom is -0.430 e. The number of esters is 1. The number of amides is 5. The Morgan fingerprint density at radius 3 is 2.14 bits per heavy atom. The fraction of sp³-hybridized carbons (Fsp3) is 0.784. The van der Waals surface area contributed by atoms with Crippen LogP contribution in [0.1, 0.15) is 120 Å². The first kappa shape index (κ1) is 40.0. The van der Waals surface area contributed by atoms with Crippen molar-refractivity contribution in [1.82, 2.24) is 26.2 Å². The summed E-state index contributed by atoms with van der Waals surface area (Å²) in [6, 6.07) is -4.46. The Balaban J connectivity index is 1.86. The maximum Gasteiger partial charge on any atom is 0.334 e. The Morgan fingerprint density at radius 1 is 0.939 bits per heavy atom. The maximum atomic E-state index is 14.6. The number of unbranched alkanes of at least 4 members (excludes halogenated alkanes) is 2. The molecule has 0 aromatic rings. The van der Waals surface area contributed by atoms with Crippen molar-refractivity contribution in [3.05, 3.63) is 12.3 Å². The van der Waals surface area contributed by atoms with Crippen molar-refractivity contribution in [2.75, 3.05) is 13.1 Å². The van der Waals surface area contributed by atoms with Crippen LogP contribution in [-0.2, 0) is 28.7 Å². The first-order chi connectivity index (χ1) is 22.9. The molecule has 49 heavy (non-hydrogen) atoms. The number of nitrogens with zero attached hydrogens (tertiary/aromatic N) is 1. The second-order valence-electron chi connectivity index (χ2n) is 16.0. The van der Waals surface area contributed by atoms with Gasteiger partial charge in [0, 0.05) is 13.1 Å². The normalized spacial score (nSPS) is 23.3. The quantitative estimate of drug-likeness (QED) is 0.0811. The number of ether oxygens (including phenoxy) is 1. The molecule has 1 unspecified atom stereocenters. The number of hydrogen-bond donors (Lipinski definition) is 4. The third-order valence-corrected chi connectivity index (χ3v) is 10.6. The van der Waals surface area contributed by atoms with Crippen LogP contribution >= 0.6 is 0 Å². The smallest absolute Gasteiger partial charge is 0.334 e. The van der Waals surface area contributed by atoms with E-state index >= 15 is 0 Å². The second-order valence-corrected chi connectivity index (χ2v) is 16.0. The number of fused-ring (bicyclic) bond motifs is 1. The second kappa shape index (κ2) is 17.0. The number of Topliss-reactive ketones (excluding diaryl/α,β-unsaturated/α-hetero) is 1. The predicted molar refractivity (Wildman–Crippen MR) is 187 cm³/mol. The van der Waals surface area contributed by atoms with Gasteiger partial charge in [0.25, 0.3) is 5.91 Å². The van der Waals surface area contributed by atoms with Crippen molar-refractivity contribution in [1.29, 1.82) is 0 Å². The zero-order chi connectivity index (χ0) is 36.7. The first-order valence-electron chi connectivity index (χ1n) is 18.3. The molecule has 12 heteroatoms. The molecule has 0 radical (unpaired) electrons. The number of allylic oxidation sites excluding steroid dienone is 1. The van der Waals surface area contributed by atoms with E-state index < -0.39 is 59.2 Å². The molecule has 3 aliphatic rings. The molecule has 0 aromatic carbocycles. The van der Waals surface area contributed by atoms with Gasteiger partial charge in [-0.3, -0.25) is 19.2 Å². The van der Waals surface area contributed by atoms with Gasteiger partial charge in [-0.15, -0.1) is 0 Å². The van der Waals surface area contributed by atoms with Crippen molar-refractivity contribution >= 4 is 35.5 Å². The van der Waals surface area contributed by atoms with Crippen LogP contribution in [0.2, 0.25) is 0 Å². The molecule has 1 saturated heterocycles. The molecule has 3 fully saturated rings. The molecule has 1 heterocycles. The molecule has 1 aliphatic heterocycles. The Morgan fingerprint density at radius 2 is 1.57 bits per heavy atom. The van der Waals surface area contributed by atoms with E-state index in [9.17, 15) is 28.8 Å². The molecule has 4 N–H and O–H groups in total. The van der Waals surface area contributed by atoms with Crippen molar-refractivity contribution in [2.24, 2.45) is 28.6 Å². The van der Waals surface area contributed by atoms with Gasteiger partial charge in [0.1, 0.15) is 18.1 Å². The summed E-state index contributed by atoms with van der Waals surface area (Å²) in [4.78, 5) is 82.7. The van der Waals surface area contributed by atoms with E-state index in [2.05, 4.69) is 41.7 Å². The highest BCUT2D eigenvalue weighted by Crippen LogP contribution is 2.65. The molecule has 12 nitrogen and oxygen atoms in total. The summed E-state index contributed by atoms with van der Waals surface area (Å²) in [5.41, 5.74) is -0.883. The van der Waals surface area contributed by atoms with Crippen molar-refractivity contribution in [3.63, 3.8) is 0 Å². The number of likely N-dealkylation sites (tertiary alicyclic amines) is 1. The van der Waals surface area contributed by atoms with Gasteiger partial charge in [-0.25, -0.2) is 9.59 Å². The zero-order valence-electron chi connectivity index (χ0n) is 31.0. The minimum atomic E-state index is -1.01. The molecule has 2 aliphatic carbocycles. The number of hydrogen-bond acceptors (Lipinski definition) is 7. The van der Waals surface area contributed by atoms with Crippen molar-refractivity contribution in [3.8, 4) is 0 Å². The van der Waals surface area contributed by atoms with Gasteiger partial charge in [0.2, 0.25) is 17.6 Å². The van der Waals surface area contributed by atoms with E-state index in [0.29, 0.717) is 25.9 Å². The van der Waals surface area contributed by atoms with E-state index in [1.54, 1.807) is 32.6 Å². The summed E-state index contributed by atoms with van der Waals surface area (Å²) >= 11 is 0. The largest absolute Gasteiger partial charge is 0.430 e. The molecule has 0 spiro atoms. The number of carbonyl (C=O) groups excluding carboxylic acids is 6. The van der Waals surface area contributed by atoms with Gasteiger partial charge in [-0.2, -0.15) is 0 Å². The summed E-state index contributed by atoms with van der Waals surface area (Å²) in [6.45, 7) is 19.4. The number of piperidine rings is 1. The van der Waals surface area contributed by atoms with E-state index in [-0.39, 0.29) is 34.8 Å². The highest BCUT2D eigenvalue weighted by Gasteiger charge is 2.69. The lowest BCUT2D eigenvalue weighted by Crippen LogP contribution is -2.61. The highest BCUT2D eigenvalue weighted by atomic mass is 16.5. The SMILES string of the molecule is C=C(C)OC(=O)[C@@H](NC(=O)N[C@H](C(=O)N1C[C@H]2[C@@H]([C@H]1C(=O)NC(CCCC)C(=O)C(=O)NCCCC)C2(C)C)C1CCCCC1)C(C)(C)C. The molecule has 5 amide bonds. The van der Waals surface area contributed by atoms with Crippen molar-refractivity contribution in [2.45, 2.75) is 144 Å². The molecule has 0 bridgehead atoms. The minimum absolute atomic E-state index is 0.0809. The van der Waals surface area contributed by atoms with Gasteiger partial charge in [-0.05, 0) is 61.2 Å². The van der Waals surface area contributed by atoms with E-state index in [1.165, 1.54) is 0 Å². The van der Waals surface area contributed by atoms with Crippen LogP contribution in [0.3, 0.4) is 0 Å². The van der Waals surface area contributed by atoms with Gasteiger partial charge < -0.3 is 30.9 Å². The fourth-order valence-corrected chi connectivity index (χ4v) is 7.57. The van der Waals surface area contributed by atoms with Gasteiger partial charge in [-0.1, -0.05) is 93.6 Å². The number of ketones is 1. The predicted octanol–water partition coefficient (Wildman–Crippen LogP) is 4.37. The number of carbonyl (C=O) groups is 6. The van der Waals surface area contributed by atoms with Crippen LogP contribution in [0, 0.1) is 28.6 Å². The molecule has 6 atom stereocenters. The number of nitrogens with one attached hydrogen (secondary N) is 4. The topological polar surface area (TPSA) is 163 Å². The maximum absolute atomic E-state index is 14.6. The van der Waals surface area contributed by atoms with Gasteiger partial charge in [0.05, 0.1) is 11.8 Å². The molecule has 2 saturated carbocycles. The van der Waals surface area contributed by atoms with Gasteiger partial charge >= 0.3 is 12.0 Å². The van der Waals surface area contributed by atoms with Crippen molar-refractivity contribution < 1.29 is 33.5 Å². The van der Waals surface area contributed by atoms with E-state index in [4.69, 9.17) is 4.74 Å². The average molecular weight is 688 g/mol. The molecule has 0 aromatic heterocycles. The van der Waals surface area contributed by atoms with Crippen LogP contribution in [0.4, 0.5) is 4.79 Å². The standard InChI is InChI=1S/C37H61N5O7/c1-10-12-19-25(29(43)32(45)38-20-13-11-2)39-31(44)28-26-24(37(26,8)9)21-42(28)33(46)27(23-17-15-14-16-18-23)40-35(48)41-30(36(5,6)7)34(47)49-22(3)4/h23-28,30H,3,10-21H2,1-2,4-9H3,(H,38,45)(H,39,44)(H2,40,41,48)/t24-,25?,26-,27-,28-,30+/m0/s1. The van der Waals surface area contributed by atoms with E-state index in [0.717, 1.165) is 51.4 Å². The number of urea groups is 1. The van der Waals surface area contributed by atoms with Crippen LogP contribution in [0.5, 0.6) is 0 Å².